The van der Waals surface area contributed by atoms with Crippen LogP contribution in [0.25, 0.3) is 10.9 Å². The fourth-order valence-corrected chi connectivity index (χ4v) is 4.21. The zero-order chi connectivity index (χ0) is 25.5. The van der Waals surface area contributed by atoms with Crippen LogP contribution in [0.5, 0.6) is 5.75 Å². The van der Waals surface area contributed by atoms with E-state index in [9.17, 15) is 9.59 Å². The van der Waals surface area contributed by atoms with E-state index in [4.69, 9.17) is 35.6 Å². The molecule has 0 unspecified atom stereocenters. The number of rotatable bonds is 10. The molecular weight excluding hydrogens is 488 g/mol. The van der Waals surface area contributed by atoms with Gasteiger partial charge in [0.15, 0.2) is 0 Å². The van der Waals surface area contributed by atoms with Gasteiger partial charge in [0.25, 0.3) is 5.91 Å². The molecular formula is C26H29ClN2O7. The zero-order valence-electron chi connectivity index (χ0n) is 20.3. The van der Waals surface area contributed by atoms with E-state index in [-0.39, 0.29) is 25.5 Å². The molecule has 2 aromatic carbocycles. The number of morpholine rings is 1. The number of hydrogen-bond donors (Lipinski definition) is 0. The molecule has 0 aliphatic carbocycles. The van der Waals surface area contributed by atoms with E-state index in [1.165, 1.54) is 0 Å². The number of fused-ring (bicyclic) bond motifs is 1. The summed E-state index contributed by atoms with van der Waals surface area (Å²) in [4.78, 5) is 38.4. The molecule has 0 bridgehead atoms. The van der Waals surface area contributed by atoms with E-state index in [1.807, 2.05) is 19.1 Å². The Labute approximate surface area is 214 Å². The lowest BCUT2D eigenvalue weighted by Gasteiger charge is -2.25. The molecule has 9 nitrogen and oxygen atoms in total. The lowest BCUT2D eigenvalue weighted by molar-refractivity contribution is -0.320. The molecule has 1 saturated heterocycles. The number of halogens is 1. The Morgan fingerprint density at radius 2 is 1.78 bits per heavy atom. The number of esters is 1. The summed E-state index contributed by atoms with van der Waals surface area (Å²) in [5, 5.41) is 1.29. The van der Waals surface area contributed by atoms with Gasteiger partial charge >= 0.3 is 5.97 Å². The first kappa shape index (κ1) is 26.1. The maximum absolute atomic E-state index is 13.4. The van der Waals surface area contributed by atoms with Crippen LogP contribution in [0.15, 0.2) is 42.5 Å². The van der Waals surface area contributed by atoms with Crippen molar-refractivity contribution in [3.63, 3.8) is 0 Å². The highest BCUT2D eigenvalue weighted by molar-refractivity contribution is 6.30. The molecule has 0 N–H and O–H groups in total. The molecule has 1 aromatic heterocycles. The minimum absolute atomic E-state index is 0.00890. The summed E-state index contributed by atoms with van der Waals surface area (Å²) >= 11 is 5.98. The second-order valence-electron chi connectivity index (χ2n) is 8.29. The predicted octanol–water partition coefficient (Wildman–Crippen LogP) is 3.62. The molecule has 0 radical (unpaired) electrons. The van der Waals surface area contributed by atoms with E-state index in [0.717, 1.165) is 18.5 Å². The molecule has 0 atom stereocenters. The lowest BCUT2D eigenvalue weighted by atomic mass is 10.1. The summed E-state index contributed by atoms with van der Waals surface area (Å²) in [5.74, 6) is -0.0283. The average molecular weight is 517 g/mol. The Bertz CT molecular complexity index is 1200. The molecule has 0 saturated carbocycles. The van der Waals surface area contributed by atoms with Gasteiger partial charge in [-0.1, -0.05) is 11.6 Å². The first-order chi connectivity index (χ1) is 17.5. The summed E-state index contributed by atoms with van der Waals surface area (Å²) in [6, 6.07) is 12.1. The van der Waals surface area contributed by atoms with Crippen molar-refractivity contribution in [1.29, 1.82) is 0 Å². The van der Waals surface area contributed by atoms with E-state index in [1.54, 1.807) is 42.0 Å². The lowest BCUT2D eigenvalue weighted by Crippen LogP contribution is -2.37. The average Bonchev–Trinajstić information content (AvgIpc) is 3.16. The van der Waals surface area contributed by atoms with Gasteiger partial charge < -0.3 is 14.2 Å². The molecule has 1 aliphatic heterocycles. The van der Waals surface area contributed by atoms with Crippen molar-refractivity contribution in [2.24, 2.45) is 0 Å². The largest absolute Gasteiger partial charge is 0.497 e. The second kappa shape index (κ2) is 12.3. The van der Waals surface area contributed by atoms with Gasteiger partial charge in [-0.25, -0.2) is 9.78 Å². The molecule has 36 heavy (non-hydrogen) atoms. The number of aromatic nitrogens is 1. The van der Waals surface area contributed by atoms with Crippen LogP contribution in [0.2, 0.25) is 5.02 Å². The van der Waals surface area contributed by atoms with Gasteiger partial charge in [-0.15, -0.1) is 0 Å². The van der Waals surface area contributed by atoms with Gasteiger partial charge in [0, 0.05) is 34.8 Å². The number of hydrogen-bond acceptors (Lipinski definition) is 8. The van der Waals surface area contributed by atoms with Gasteiger partial charge in [-0.05, 0) is 55.0 Å². The number of ether oxygens (including phenoxy) is 3. The first-order valence-corrected chi connectivity index (χ1v) is 12.0. The Morgan fingerprint density at radius 3 is 2.50 bits per heavy atom. The third-order valence-electron chi connectivity index (χ3n) is 6.01. The Kier molecular flexibility index (Phi) is 8.95. The van der Waals surface area contributed by atoms with E-state index in [2.05, 4.69) is 4.90 Å². The van der Waals surface area contributed by atoms with Gasteiger partial charge in [-0.3, -0.25) is 19.1 Å². The monoisotopic (exact) mass is 516 g/mol. The van der Waals surface area contributed by atoms with Crippen molar-refractivity contribution in [3.8, 4) is 5.75 Å². The van der Waals surface area contributed by atoms with Gasteiger partial charge in [0.2, 0.25) is 0 Å². The molecule has 10 heteroatoms. The van der Waals surface area contributed by atoms with Crippen molar-refractivity contribution < 1.29 is 33.6 Å². The van der Waals surface area contributed by atoms with Crippen LogP contribution in [0, 0.1) is 6.92 Å². The fraction of sp³-hybridized carbons (Fsp3) is 0.385. The van der Waals surface area contributed by atoms with Crippen LogP contribution in [0.1, 0.15) is 21.6 Å². The Hall–Kier alpha value is -2.95. The predicted molar refractivity (Wildman–Crippen MR) is 133 cm³/mol. The summed E-state index contributed by atoms with van der Waals surface area (Å²) in [7, 11) is 1.57. The van der Waals surface area contributed by atoms with Crippen molar-refractivity contribution in [3.05, 3.63) is 64.3 Å². The van der Waals surface area contributed by atoms with E-state index < -0.39 is 5.97 Å². The Morgan fingerprint density at radius 1 is 1.03 bits per heavy atom. The van der Waals surface area contributed by atoms with Crippen molar-refractivity contribution in [2.75, 3.05) is 53.4 Å². The molecule has 2 heterocycles. The Balaban J connectivity index is 1.42. The summed E-state index contributed by atoms with van der Waals surface area (Å²) in [6.45, 7) is 5.23. The SMILES string of the molecule is COc1ccc2c(c1)c(CC(=O)OCCOOCN1CCOCC1)c(C)n2C(=O)c1ccc(Cl)cc1. The minimum Gasteiger partial charge on any atom is -0.497 e. The van der Waals surface area contributed by atoms with Gasteiger partial charge in [0.05, 0.1) is 32.3 Å². The van der Waals surface area contributed by atoms with Gasteiger partial charge in [0.1, 0.15) is 25.7 Å². The van der Waals surface area contributed by atoms with Crippen LogP contribution in [0.3, 0.4) is 0 Å². The minimum atomic E-state index is -0.435. The number of methoxy groups -OCH3 is 1. The third-order valence-corrected chi connectivity index (χ3v) is 6.26. The van der Waals surface area contributed by atoms with Gasteiger partial charge in [-0.2, -0.15) is 0 Å². The highest BCUT2D eigenvalue weighted by Crippen LogP contribution is 2.31. The molecule has 1 aliphatic rings. The maximum atomic E-state index is 13.4. The van der Waals surface area contributed by atoms with Crippen molar-refractivity contribution in [1.82, 2.24) is 9.47 Å². The van der Waals surface area contributed by atoms with Crippen LogP contribution in [-0.2, 0) is 30.5 Å². The van der Waals surface area contributed by atoms with Crippen LogP contribution < -0.4 is 4.74 Å². The quantitative estimate of drug-likeness (QED) is 0.175. The molecule has 0 spiro atoms. The maximum Gasteiger partial charge on any atom is 0.310 e. The highest BCUT2D eigenvalue weighted by atomic mass is 35.5. The molecule has 0 amide bonds. The summed E-state index contributed by atoms with van der Waals surface area (Å²) in [6.07, 6.45) is -0.00890. The van der Waals surface area contributed by atoms with Crippen LogP contribution in [0.4, 0.5) is 0 Å². The highest BCUT2D eigenvalue weighted by Gasteiger charge is 2.22. The topological polar surface area (TPSA) is 88.5 Å². The van der Waals surface area contributed by atoms with Crippen molar-refractivity contribution >= 4 is 34.4 Å². The second-order valence-corrected chi connectivity index (χ2v) is 8.73. The van der Waals surface area contributed by atoms with E-state index >= 15 is 0 Å². The summed E-state index contributed by atoms with van der Waals surface area (Å²) in [5.41, 5.74) is 2.51. The van der Waals surface area contributed by atoms with Crippen LogP contribution >= 0.6 is 11.6 Å². The molecule has 192 valence electrons. The molecule has 3 aromatic rings. The fourth-order valence-electron chi connectivity index (χ4n) is 4.08. The number of benzene rings is 2. The van der Waals surface area contributed by atoms with Crippen LogP contribution in [-0.4, -0.2) is 74.7 Å². The zero-order valence-corrected chi connectivity index (χ0v) is 21.1. The normalized spacial score (nSPS) is 14.2. The number of nitrogens with zero attached hydrogens (tertiary/aromatic N) is 2. The summed E-state index contributed by atoms with van der Waals surface area (Å²) < 4.78 is 17.6. The van der Waals surface area contributed by atoms with Crippen molar-refractivity contribution in [2.45, 2.75) is 13.3 Å². The molecule has 1 fully saturated rings. The molecule has 4 rings (SSSR count). The smallest absolute Gasteiger partial charge is 0.310 e. The third kappa shape index (κ3) is 6.24. The first-order valence-electron chi connectivity index (χ1n) is 11.7. The van der Waals surface area contributed by atoms with E-state index in [0.29, 0.717) is 53.1 Å². The number of carbonyl (C=O) groups is 2. The standard InChI is InChI=1S/C26H29ClN2O7/c1-18-22(16-25(30)34-13-14-35-36-17-28-9-11-33-12-10-28)23-15-21(32-2)7-8-24(23)29(18)26(31)19-3-5-20(27)6-4-19/h3-8,15H,9-14,16-17H2,1-2H3. The number of carbonyl (C=O) groups excluding carboxylic acids is 2.